The number of carbonyl (C=O) groups is 2. The molecule has 37 heavy (non-hydrogen) atoms. The third kappa shape index (κ3) is 7.25. The van der Waals surface area contributed by atoms with E-state index in [2.05, 4.69) is 5.32 Å². The lowest BCUT2D eigenvalue weighted by Crippen LogP contribution is -2.52. The molecule has 0 spiro atoms. The molecule has 0 fully saturated rings. The number of benzene rings is 3. The second-order valence-corrected chi connectivity index (χ2v) is 11.5. The number of nitrogens with one attached hydrogen (secondary N) is 1. The predicted octanol–water partition coefficient (Wildman–Crippen LogP) is 5.13. The van der Waals surface area contributed by atoms with E-state index in [1.807, 2.05) is 44.2 Å². The highest BCUT2D eigenvalue weighted by Crippen LogP contribution is 2.33. The Kier molecular flexibility index (Phi) is 9.59. The van der Waals surface area contributed by atoms with Crippen molar-refractivity contribution in [3.8, 4) is 0 Å². The van der Waals surface area contributed by atoms with E-state index >= 15 is 0 Å². The molecule has 7 nitrogen and oxygen atoms in total. The van der Waals surface area contributed by atoms with Gasteiger partial charge in [-0.25, -0.2) is 8.42 Å². The zero-order valence-electron chi connectivity index (χ0n) is 20.8. The van der Waals surface area contributed by atoms with Crippen molar-refractivity contribution in [2.45, 2.75) is 44.3 Å². The number of carbonyl (C=O) groups excluding carboxylic acids is 2. The summed E-state index contributed by atoms with van der Waals surface area (Å²) < 4.78 is 28.4. The van der Waals surface area contributed by atoms with Crippen LogP contribution in [0.1, 0.15) is 26.3 Å². The molecule has 3 rings (SSSR count). The van der Waals surface area contributed by atoms with Gasteiger partial charge in [0.2, 0.25) is 11.8 Å². The Morgan fingerprint density at radius 3 is 2.05 bits per heavy atom. The van der Waals surface area contributed by atoms with Gasteiger partial charge in [0.15, 0.2) is 0 Å². The van der Waals surface area contributed by atoms with Crippen molar-refractivity contribution in [1.82, 2.24) is 10.2 Å². The first-order chi connectivity index (χ1) is 17.5. The van der Waals surface area contributed by atoms with Crippen LogP contribution in [0, 0.1) is 0 Å². The number of rotatable bonds is 10. The van der Waals surface area contributed by atoms with E-state index in [9.17, 15) is 18.0 Å². The van der Waals surface area contributed by atoms with Gasteiger partial charge in [0.05, 0.1) is 15.6 Å². The first kappa shape index (κ1) is 28.5. The van der Waals surface area contributed by atoms with Crippen molar-refractivity contribution in [3.63, 3.8) is 0 Å². The highest BCUT2D eigenvalue weighted by molar-refractivity contribution is 7.92. The molecule has 0 heterocycles. The van der Waals surface area contributed by atoms with Gasteiger partial charge >= 0.3 is 0 Å². The molecule has 2 amide bonds. The molecule has 0 aromatic heterocycles. The van der Waals surface area contributed by atoms with Gasteiger partial charge in [-0.15, -0.1) is 0 Å². The van der Waals surface area contributed by atoms with Gasteiger partial charge in [-0.3, -0.25) is 13.9 Å². The first-order valence-electron chi connectivity index (χ1n) is 11.7. The lowest BCUT2D eigenvalue weighted by Gasteiger charge is -2.32. The number of halogens is 2. The van der Waals surface area contributed by atoms with E-state index < -0.39 is 28.5 Å². The van der Waals surface area contributed by atoms with Crippen molar-refractivity contribution < 1.29 is 18.0 Å². The first-order valence-corrected chi connectivity index (χ1v) is 13.9. The van der Waals surface area contributed by atoms with E-state index in [-0.39, 0.29) is 34.1 Å². The molecule has 0 radical (unpaired) electrons. The van der Waals surface area contributed by atoms with Crippen LogP contribution in [-0.4, -0.2) is 43.8 Å². The highest BCUT2D eigenvalue weighted by Gasteiger charge is 2.33. The molecule has 0 aliphatic heterocycles. The molecule has 0 aliphatic rings. The maximum atomic E-state index is 13.8. The van der Waals surface area contributed by atoms with Crippen LogP contribution in [0.2, 0.25) is 10.0 Å². The number of sulfonamides is 1. The molecule has 0 saturated heterocycles. The lowest BCUT2D eigenvalue weighted by molar-refractivity contribution is -0.139. The summed E-state index contributed by atoms with van der Waals surface area (Å²) in [5, 5.41) is 3.21. The maximum Gasteiger partial charge on any atom is 0.264 e. The van der Waals surface area contributed by atoms with Crippen molar-refractivity contribution in [2.75, 3.05) is 10.8 Å². The van der Waals surface area contributed by atoms with E-state index in [4.69, 9.17) is 23.2 Å². The molecule has 3 aromatic carbocycles. The van der Waals surface area contributed by atoms with Gasteiger partial charge in [0.25, 0.3) is 10.0 Å². The second-order valence-electron chi connectivity index (χ2n) is 8.77. The summed E-state index contributed by atoms with van der Waals surface area (Å²) in [6.07, 6.45) is 0. The number of hydrogen-bond acceptors (Lipinski definition) is 4. The van der Waals surface area contributed by atoms with Crippen LogP contribution in [0.15, 0.2) is 83.8 Å². The smallest absolute Gasteiger partial charge is 0.264 e. The van der Waals surface area contributed by atoms with E-state index in [0.29, 0.717) is 5.02 Å². The van der Waals surface area contributed by atoms with Crippen molar-refractivity contribution in [1.29, 1.82) is 0 Å². The van der Waals surface area contributed by atoms with Crippen LogP contribution in [0.3, 0.4) is 0 Å². The minimum Gasteiger partial charge on any atom is -0.352 e. The average Bonchev–Trinajstić information content (AvgIpc) is 2.86. The second kappa shape index (κ2) is 12.4. The molecular weight excluding hydrogens is 533 g/mol. The maximum absolute atomic E-state index is 13.8. The Balaban J connectivity index is 2.04. The van der Waals surface area contributed by atoms with Gasteiger partial charge in [0.1, 0.15) is 12.6 Å². The summed E-state index contributed by atoms with van der Waals surface area (Å²) in [4.78, 5) is 28.0. The van der Waals surface area contributed by atoms with Crippen molar-refractivity contribution >= 4 is 50.7 Å². The third-order valence-corrected chi connectivity index (χ3v) is 7.89. The summed E-state index contributed by atoms with van der Waals surface area (Å²) in [7, 11) is -4.20. The molecule has 3 aromatic rings. The largest absolute Gasteiger partial charge is 0.352 e. The Labute approximate surface area is 228 Å². The van der Waals surface area contributed by atoms with Gasteiger partial charge in [0, 0.05) is 17.6 Å². The van der Waals surface area contributed by atoms with E-state index in [1.165, 1.54) is 35.2 Å². The Hall–Kier alpha value is -3.07. The lowest BCUT2D eigenvalue weighted by atomic mass is 10.1. The van der Waals surface area contributed by atoms with Gasteiger partial charge in [-0.2, -0.15) is 0 Å². The fourth-order valence-corrected chi connectivity index (χ4v) is 5.70. The van der Waals surface area contributed by atoms with Crippen LogP contribution < -0.4 is 9.62 Å². The Morgan fingerprint density at radius 1 is 0.892 bits per heavy atom. The third-order valence-electron chi connectivity index (χ3n) is 5.58. The molecule has 10 heteroatoms. The van der Waals surface area contributed by atoms with Crippen LogP contribution in [0.4, 0.5) is 5.69 Å². The summed E-state index contributed by atoms with van der Waals surface area (Å²) in [6.45, 7) is 4.80. The van der Waals surface area contributed by atoms with E-state index in [1.54, 1.807) is 25.1 Å². The standard InChI is InChI=1S/C27H29Cl2N3O4S/c1-19(2)30-27(34)20(3)31(17-21-10-6-4-7-11-21)26(33)18-32(25-15-14-22(28)16-24(25)29)37(35,36)23-12-8-5-9-13-23/h4-16,19-20H,17-18H2,1-3H3,(H,30,34)/t20-/m0/s1. The number of anilines is 1. The summed E-state index contributed by atoms with van der Waals surface area (Å²) in [6, 6.07) is 20.3. The highest BCUT2D eigenvalue weighted by atomic mass is 35.5. The summed E-state index contributed by atoms with van der Waals surface area (Å²) in [5.41, 5.74) is 0.893. The SMILES string of the molecule is CC(C)NC(=O)[C@H](C)N(Cc1ccccc1)C(=O)CN(c1ccc(Cl)cc1Cl)S(=O)(=O)c1ccccc1. The molecule has 196 valence electrons. The fourth-order valence-electron chi connectivity index (χ4n) is 3.68. The zero-order valence-corrected chi connectivity index (χ0v) is 23.1. The zero-order chi connectivity index (χ0) is 27.2. The molecule has 0 saturated carbocycles. The number of amides is 2. The Morgan fingerprint density at radius 2 is 1.49 bits per heavy atom. The van der Waals surface area contributed by atoms with Gasteiger partial charge < -0.3 is 10.2 Å². The fraction of sp³-hybridized carbons (Fsp3) is 0.259. The topological polar surface area (TPSA) is 86.8 Å². The average molecular weight is 563 g/mol. The van der Waals surface area contributed by atoms with Crippen LogP contribution in [0.5, 0.6) is 0 Å². The summed E-state index contributed by atoms with van der Waals surface area (Å²) in [5.74, 6) is -0.915. The molecule has 0 unspecified atom stereocenters. The minimum absolute atomic E-state index is 0.00553. The predicted molar refractivity (Wildman–Crippen MR) is 147 cm³/mol. The number of nitrogens with zero attached hydrogens (tertiary/aromatic N) is 2. The number of hydrogen-bond donors (Lipinski definition) is 1. The van der Waals surface area contributed by atoms with Gasteiger partial charge in [-0.1, -0.05) is 71.7 Å². The molecular formula is C27H29Cl2N3O4S. The van der Waals surface area contributed by atoms with Crippen LogP contribution >= 0.6 is 23.2 Å². The normalized spacial score (nSPS) is 12.2. The van der Waals surface area contributed by atoms with Crippen LogP contribution in [0.25, 0.3) is 0 Å². The summed E-state index contributed by atoms with van der Waals surface area (Å²) >= 11 is 12.4. The quantitative estimate of drug-likeness (QED) is 0.371. The molecule has 0 aliphatic carbocycles. The molecule has 0 bridgehead atoms. The van der Waals surface area contributed by atoms with Gasteiger partial charge in [-0.05, 0) is 56.7 Å². The van der Waals surface area contributed by atoms with Crippen molar-refractivity contribution in [3.05, 3.63) is 94.5 Å². The Bertz CT molecular complexity index is 1340. The minimum atomic E-state index is -4.20. The molecule has 1 N–H and O–H groups in total. The van der Waals surface area contributed by atoms with Crippen molar-refractivity contribution in [2.24, 2.45) is 0 Å². The van der Waals surface area contributed by atoms with Crippen LogP contribution in [-0.2, 0) is 26.2 Å². The van der Waals surface area contributed by atoms with E-state index in [0.717, 1.165) is 9.87 Å². The molecule has 1 atom stereocenters. The monoisotopic (exact) mass is 561 g/mol.